The molecule has 0 bridgehead atoms. The Labute approximate surface area is 163 Å². The molecule has 0 aliphatic carbocycles. The standard InChI is InChI=1S/C22H24N2O2S/c1-4-8-19-20(25)23-22(26)24(14-17-9-6-5-7-10-17)21(19)27-18-12-15(2)11-16(3)13-18/h5-7,9-13H,4,8,14H2,1-3H3,(H,23,25,26). The predicted octanol–water partition coefficient (Wildman–Crippen LogP) is 4.31. The van der Waals surface area contributed by atoms with Crippen molar-refractivity contribution in [2.45, 2.75) is 50.1 Å². The third kappa shape index (κ3) is 4.61. The van der Waals surface area contributed by atoms with Crippen LogP contribution in [0.25, 0.3) is 0 Å². The highest BCUT2D eigenvalue weighted by Crippen LogP contribution is 2.31. The number of benzene rings is 2. The fraction of sp³-hybridized carbons (Fsp3) is 0.273. The molecule has 0 unspecified atom stereocenters. The Morgan fingerprint density at radius 2 is 1.67 bits per heavy atom. The zero-order chi connectivity index (χ0) is 19.4. The van der Waals surface area contributed by atoms with Crippen molar-refractivity contribution in [1.29, 1.82) is 0 Å². The van der Waals surface area contributed by atoms with E-state index in [-0.39, 0.29) is 11.2 Å². The summed E-state index contributed by atoms with van der Waals surface area (Å²) < 4.78 is 1.68. The summed E-state index contributed by atoms with van der Waals surface area (Å²) in [6, 6.07) is 16.1. The van der Waals surface area contributed by atoms with Crippen LogP contribution >= 0.6 is 11.8 Å². The molecule has 3 aromatic rings. The fourth-order valence-corrected chi connectivity index (χ4v) is 4.48. The van der Waals surface area contributed by atoms with Crippen molar-refractivity contribution in [2.24, 2.45) is 0 Å². The molecule has 5 heteroatoms. The lowest BCUT2D eigenvalue weighted by molar-refractivity contribution is 0.628. The first-order valence-corrected chi connectivity index (χ1v) is 9.95. The van der Waals surface area contributed by atoms with Gasteiger partial charge >= 0.3 is 5.69 Å². The number of hydrogen-bond acceptors (Lipinski definition) is 3. The number of nitrogens with zero attached hydrogens (tertiary/aromatic N) is 1. The van der Waals surface area contributed by atoms with E-state index in [1.54, 1.807) is 4.57 Å². The first-order chi connectivity index (χ1) is 13.0. The normalized spacial score (nSPS) is 10.9. The predicted molar refractivity (Wildman–Crippen MR) is 111 cm³/mol. The molecule has 0 aliphatic rings. The summed E-state index contributed by atoms with van der Waals surface area (Å²) in [5.41, 5.74) is 3.38. The van der Waals surface area contributed by atoms with Crippen LogP contribution in [0, 0.1) is 13.8 Å². The minimum atomic E-state index is -0.365. The van der Waals surface area contributed by atoms with Crippen LogP contribution in [0.3, 0.4) is 0 Å². The molecule has 0 saturated carbocycles. The molecule has 0 radical (unpaired) electrons. The van der Waals surface area contributed by atoms with E-state index in [2.05, 4.69) is 37.0 Å². The lowest BCUT2D eigenvalue weighted by Gasteiger charge is -2.16. The summed E-state index contributed by atoms with van der Waals surface area (Å²) in [6.45, 7) is 6.58. The van der Waals surface area contributed by atoms with Crippen molar-refractivity contribution in [3.05, 3.63) is 91.6 Å². The molecule has 0 amide bonds. The topological polar surface area (TPSA) is 54.9 Å². The van der Waals surface area contributed by atoms with Crippen LogP contribution in [0.4, 0.5) is 0 Å². The van der Waals surface area contributed by atoms with Gasteiger partial charge < -0.3 is 0 Å². The number of rotatable bonds is 6. The van der Waals surface area contributed by atoms with Crippen LogP contribution in [0.5, 0.6) is 0 Å². The highest BCUT2D eigenvalue weighted by molar-refractivity contribution is 7.99. The molecule has 27 heavy (non-hydrogen) atoms. The van der Waals surface area contributed by atoms with E-state index in [1.165, 1.54) is 11.8 Å². The summed E-state index contributed by atoms with van der Waals surface area (Å²) >= 11 is 1.50. The van der Waals surface area contributed by atoms with Gasteiger partial charge in [0.25, 0.3) is 5.56 Å². The molecule has 0 saturated heterocycles. The maximum atomic E-state index is 12.6. The van der Waals surface area contributed by atoms with Gasteiger partial charge in [0.05, 0.1) is 11.6 Å². The number of aromatic amines is 1. The Kier molecular flexibility index (Phi) is 6.01. The van der Waals surface area contributed by atoms with E-state index in [9.17, 15) is 9.59 Å². The van der Waals surface area contributed by atoms with Crippen LogP contribution in [0.15, 0.2) is 68.0 Å². The van der Waals surface area contributed by atoms with Crippen molar-refractivity contribution >= 4 is 11.8 Å². The van der Waals surface area contributed by atoms with Gasteiger partial charge in [0, 0.05) is 10.5 Å². The van der Waals surface area contributed by atoms with E-state index in [0.717, 1.165) is 33.0 Å². The minimum Gasteiger partial charge on any atom is -0.283 e. The number of hydrogen-bond donors (Lipinski definition) is 1. The first kappa shape index (κ1) is 19.2. The van der Waals surface area contributed by atoms with Crippen molar-refractivity contribution in [3.63, 3.8) is 0 Å². The maximum absolute atomic E-state index is 12.6. The molecular formula is C22H24N2O2S. The number of H-pyrrole nitrogens is 1. The average molecular weight is 381 g/mol. The molecule has 1 aromatic heterocycles. The van der Waals surface area contributed by atoms with Gasteiger partial charge in [-0.15, -0.1) is 0 Å². The summed E-state index contributed by atoms with van der Waals surface area (Å²) in [7, 11) is 0. The van der Waals surface area contributed by atoms with Gasteiger partial charge in [-0.05, 0) is 49.1 Å². The fourth-order valence-electron chi connectivity index (χ4n) is 3.19. The molecule has 140 valence electrons. The van der Waals surface area contributed by atoms with Crippen LogP contribution < -0.4 is 11.2 Å². The first-order valence-electron chi connectivity index (χ1n) is 9.14. The van der Waals surface area contributed by atoms with Crippen LogP contribution in [-0.4, -0.2) is 9.55 Å². The van der Waals surface area contributed by atoms with Crippen molar-refractivity contribution < 1.29 is 0 Å². The maximum Gasteiger partial charge on any atom is 0.329 e. The molecule has 0 atom stereocenters. The van der Waals surface area contributed by atoms with Crippen molar-refractivity contribution in [1.82, 2.24) is 9.55 Å². The van der Waals surface area contributed by atoms with Gasteiger partial charge in [0.1, 0.15) is 0 Å². The lowest BCUT2D eigenvalue weighted by atomic mass is 10.2. The molecule has 3 rings (SSSR count). The Morgan fingerprint density at radius 1 is 1.00 bits per heavy atom. The Bertz CT molecular complexity index is 1030. The van der Waals surface area contributed by atoms with Crippen LogP contribution in [-0.2, 0) is 13.0 Å². The second kappa shape index (κ2) is 8.44. The molecule has 4 nitrogen and oxygen atoms in total. The zero-order valence-electron chi connectivity index (χ0n) is 15.9. The van der Waals surface area contributed by atoms with E-state index >= 15 is 0 Å². The molecule has 1 heterocycles. The number of nitrogens with one attached hydrogen (secondary N) is 1. The SMILES string of the molecule is CCCc1c(Sc2cc(C)cc(C)c2)n(Cc2ccccc2)c(=O)[nH]c1=O. The molecule has 0 fully saturated rings. The van der Waals surface area contributed by atoms with E-state index < -0.39 is 0 Å². The third-order valence-corrected chi connectivity index (χ3v) is 5.47. The zero-order valence-corrected chi connectivity index (χ0v) is 16.7. The van der Waals surface area contributed by atoms with E-state index in [0.29, 0.717) is 18.5 Å². The summed E-state index contributed by atoms with van der Waals surface area (Å²) in [6.07, 6.45) is 1.48. The van der Waals surface area contributed by atoms with Gasteiger partial charge in [-0.1, -0.05) is 61.5 Å². The van der Waals surface area contributed by atoms with Gasteiger partial charge in [-0.3, -0.25) is 14.3 Å². The highest BCUT2D eigenvalue weighted by Gasteiger charge is 2.16. The number of aryl methyl sites for hydroxylation is 2. The van der Waals surface area contributed by atoms with Gasteiger partial charge in [0.15, 0.2) is 0 Å². The quantitative estimate of drug-likeness (QED) is 0.649. The van der Waals surface area contributed by atoms with Crippen molar-refractivity contribution in [2.75, 3.05) is 0 Å². The summed E-state index contributed by atoms with van der Waals surface area (Å²) in [4.78, 5) is 28.7. The van der Waals surface area contributed by atoms with Crippen LogP contribution in [0.2, 0.25) is 0 Å². The van der Waals surface area contributed by atoms with Crippen LogP contribution in [0.1, 0.15) is 35.6 Å². The molecular weight excluding hydrogens is 356 g/mol. The second-order valence-electron chi connectivity index (χ2n) is 6.79. The second-order valence-corrected chi connectivity index (χ2v) is 7.85. The molecule has 2 aromatic carbocycles. The molecule has 0 spiro atoms. The van der Waals surface area contributed by atoms with Gasteiger partial charge in [-0.2, -0.15) is 0 Å². The van der Waals surface area contributed by atoms with Gasteiger partial charge in [-0.25, -0.2) is 4.79 Å². The molecule has 0 aliphatic heterocycles. The largest absolute Gasteiger partial charge is 0.329 e. The Hall–Kier alpha value is -2.53. The van der Waals surface area contributed by atoms with E-state index in [1.807, 2.05) is 37.3 Å². The number of aromatic nitrogens is 2. The van der Waals surface area contributed by atoms with Gasteiger partial charge in [0.2, 0.25) is 0 Å². The lowest BCUT2D eigenvalue weighted by Crippen LogP contribution is -2.34. The molecule has 1 N–H and O–H groups in total. The smallest absolute Gasteiger partial charge is 0.283 e. The summed E-state index contributed by atoms with van der Waals surface area (Å²) in [5.74, 6) is 0. The summed E-state index contributed by atoms with van der Waals surface area (Å²) in [5, 5.41) is 0.736. The third-order valence-electron chi connectivity index (χ3n) is 4.34. The Morgan fingerprint density at radius 3 is 2.30 bits per heavy atom. The highest BCUT2D eigenvalue weighted by atomic mass is 32.2. The minimum absolute atomic E-state index is 0.280. The monoisotopic (exact) mass is 380 g/mol. The van der Waals surface area contributed by atoms with Crippen molar-refractivity contribution in [3.8, 4) is 0 Å². The Balaban J connectivity index is 2.15. The van der Waals surface area contributed by atoms with E-state index in [4.69, 9.17) is 0 Å². The average Bonchev–Trinajstić information content (AvgIpc) is 2.61.